The number of hydrogen-bond acceptors (Lipinski definition) is 3. The average molecular weight is 265 g/mol. The van der Waals surface area contributed by atoms with E-state index in [1.807, 2.05) is 19.1 Å². The summed E-state index contributed by atoms with van der Waals surface area (Å²) in [5, 5.41) is 6.51. The summed E-state index contributed by atoms with van der Waals surface area (Å²) in [4.78, 5) is 11.8. The van der Waals surface area contributed by atoms with Gasteiger partial charge in [-0.05, 0) is 24.6 Å². The fourth-order valence-corrected chi connectivity index (χ4v) is 1.69. The number of carbonyl (C=O) groups is 1. The highest BCUT2D eigenvalue weighted by atomic mass is 35.5. The Morgan fingerprint density at radius 2 is 2.11 bits per heavy atom. The zero-order chi connectivity index (χ0) is 13.0. The highest BCUT2D eigenvalue weighted by molar-refractivity contribution is 6.17. The van der Waals surface area contributed by atoms with E-state index in [2.05, 4.69) is 10.5 Å². The van der Waals surface area contributed by atoms with Crippen LogP contribution in [0, 0.1) is 6.92 Å². The molecule has 0 saturated heterocycles. The molecule has 1 aromatic carbocycles. The lowest BCUT2D eigenvalue weighted by atomic mass is 10.1. The fourth-order valence-electron chi connectivity index (χ4n) is 1.51. The van der Waals surface area contributed by atoms with Gasteiger partial charge in [-0.1, -0.05) is 17.3 Å². The van der Waals surface area contributed by atoms with E-state index < -0.39 is 0 Å². The molecule has 1 N–H and O–H groups in total. The molecule has 0 fully saturated rings. The average Bonchev–Trinajstić information content (AvgIpc) is 2.82. The van der Waals surface area contributed by atoms with E-state index in [1.165, 1.54) is 0 Å². The van der Waals surface area contributed by atoms with Crippen LogP contribution < -0.4 is 5.32 Å². The minimum absolute atomic E-state index is 0.148. The maximum Gasteiger partial charge on any atom is 0.251 e. The molecule has 0 spiro atoms. The third kappa shape index (κ3) is 3.11. The fraction of sp³-hybridized carbons (Fsp3) is 0.231. The number of aryl methyl sites for hydroxylation is 1. The number of carbonyl (C=O) groups excluding carboxylic acids is 1. The highest BCUT2D eigenvalue weighted by Crippen LogP contribution is 2.07. The minimum atomic E-state index is -0.148. The second-order valence-electron chi connectivity index (χ2n) is 3.95. The molecule has 0 atom stereocenters. The monoisotopic (exact) mass is 264 g/mol. The van der Waals surface area contributed by atoms with E-state index in [1.54, 1.807) is 18.2 Å². The SMILES string of the molecule is Cc1cc(CNC(=O)c2ccc(CCl)cc2)on1. The minimum Gasteiger partial charge on any atom is -0.359 e. The number of hydrogen-bond donors (Lipinski definition) is 1. The zero-order valence-electron chi connectivity index (χ0n) is 9.94. The number of rotatable bonds is 4. The van der Waals surface area contributed by atoms with E-state index in [-0.39, 0.29) is 5.91 Å². The number of halogens is 1. The predicted molar refractivity (Wildman–Crippen MR) is 68.4 cm³/mol. The topological polar surface area (TPSA) is 55.1 Å². The van der Waals surface area contributed by atoms with Gasteiger partial charge in [0.05, 0.1) is 12.2 Å². The zero-order valence-corrected chi connectivity index (χ0v) is 10.7. The molecule has 0 aliphatic carbocycles. The molecule has 0 aliphatic heterocycles. The summed E-state index contributed by atoms with van der Waals surface area (Å²) in [5.74, 6) is 0.933. The van der Waals surface area contributed by atoms with Crippen molar-refractivity contribution in [1.82, 2.24) is 10.5 Å². The van der Waals surface area contributed by atoms with Crippen LogP contribution in [0.15, 0.2) is 34.9 Å². The second kappa shape index (κ2) is 5.69. The first-order valence-electron chi connectivity index (χ1n) is 5.54. The maximum atomic E-state index is 11.8. The summed E-state index contributed by atoms with van der Waals surface area (Å²) in [6, 6.07) is 8.95. The van der Waals surface area contributed by atoms with Gasteiger partial charge in [-0.2, -0.15) is 0 Å². The van der Waals surface area contributed by atoms with Crippen molar-refractivity contribution in [3.05, 3.63) is 52.9 Å². The molecule has 0 bridgehead atoms. The van der Waals surface area contributed by atoms with Crippen LogP contribution in [0.4, 0.5) is 0 Å². The molecule has 94 valence electrons. The van der Waals surface area contributed by atoms with Crippen LogP contribution in [0.25, 0.3) is 0 Å². The van der Waals surface area contributed by atoms with Crippen LogP contribution >= 0.6 is 11.6 Å². The van der Waals surface area contributed by atoms with Gasteiger partial charge in [0.1, 0.15) is 0 Å². The van der Waals surface area contributed by atoms with Gasteiger partial charge in [0.15, 0.2) is 5.76 Å². The smallest absolute Gasteiger partial charge is 0.251 e. The molecule has 0 saturated carbocycles. The van der Waals surface area contributed by atoms with Gasteiger partial charge in [-0.25, -0.2) is 0 Å². The third-order valence-electron chi connectivity index (χ3n) is 2.47. The first-order valence-corrected chi connectivity index (χ1v) is 6.08. The standard InChI is InChI=1S/C13H13ClN2O2/c1-9-6-12(18-16-9)8-15-13(17)11-4-2-10(7-14)3-5-11/h2-6H,7-8H2,1H3,(H,15,17). The molecule has 0 unspecified atom stereocenters. The van der Waals surface area contributed by atoms with Gasteiger partial charge in [-0.15, -0.1) is 11.6 Å². The molecule has 18 heavy (non-hydrogen) atoms. The van der Waals surface area contributed by atoms with Crippen LogP contribution in [0.1, 0.15) is 27.4 Å². The van der Waals surface area contributed by atoms with Crippen LogP contribution in [0.5, 0.6) is 0 Å². The Bertz CT molecular complexity index is 534. The number of benzene rings is 1. The lowest BCUT2D eigenvalue weighted by Gasteiger charge is -2.03. The van der Waals surface area contributed by atoms with Gasteiger partial charge >= 0.3 is 0 Å². The van der Waals surface area contributed by atoms with Crippen molar-refractivity contribution >= 4 is 17.5 Å². The van der Waals surface area contributed by atoms with Crippen molar-refractivity contribution in [3.8, 4) is 0 Å². The van der Waals surface area contributed by atoms with E-state index in [0.29, 0.717) is 23.7 Å². The van der Waals surface area contributed by atoms with Crippen LogP contribution in [-0.4, -0.2) is 11.1 Å². The number of aromatic nitrogens is 1. The second-order valence-corrected chi connectivity index (χ2v) is 4.22. The number of nitrogens with zero attached hydrogens (tertiary/aromatic N) is 1. The lowest BCUT2D eigenvalue weighted by Crippen LogP contribution is -2.22. The molecule has 1 amide bonds. The Morgan fingerprint density at radius 1 is 1.39 bits per heavy atom. The summed E-state index contributed by atoms with van der Waals surface area (Å²) in [7, 11) is 0. The van der Waals surface area contributed by atoms with E-state index >= 15 is 0 Å². The van der Waals surface area contributed by atoms with E-state index in [0.717, 1.165) is 11.3 Å². The summed E-state index contributed by atoms with van der Waals surface area (Å²) in [6.07, 6.45) is 0. The third-order valence-corrected chi connectivity index (χ3v) is 2.78. The first-order chi connectivity index (χ1) is 8.69. The number of nitrogens with one attached hydrogen (secondary N) is 1. The van der Waals surface area contributed by atoms with Gasteiger partial charge in [0.25, 0.3) is 5.91 Å². The molecule has 2 rings (SSSR count). The van der Waals surface area contributed by atoms with Gasteiger partial charge in [0, 0.05) is 17.5 Å². The Kier molecular flexibility index (Phi) is 3.99. The van der Waals surface area contributed by atoms with Crippen molar-refractivity contribution < 1.29 is 9.32 Å². The molecule has 2 aromatic rings. The van der Waals surface area contributed by atoms with Crippen molar-refractivity contribution in [2.75, 3.05) is 0 Å². The Hall–Kier alpha value is -1.81. The van der Waals surface area contributed by atoms with Gasteiger partial charge < -0.3 is 9.84 Å². The van der Waals surface area contributed by atoms with Gasteiger partial charge in [0.2, 0.25) is 0 Å². The van der Waals surface area contributed by atoms with Crippen molar-refractivity contribution in [2.45, 2.75) is 19.3 Å². The molecular weight excluding hydrogens is 252 g/mol. The van der Waals surface area contributed by atoms with Crippen LogP contribution in [0.2, 0.25) is 0 Å². The Labute approximate surface area is 110 Å². The molecule has 1 aromatic heterocycles. The molecule has 0 radical (unpaired) electrons. The molecule has 1 heterocycles. The largest absolute Gasteiger partial charge is 0.359 e. The summed E-state index contributed by atoms with van der Waals surface area (Å²) >= 11 is 5.68. The number of alkyl halides is 1. The number of amides is 1. The predicted octanol–water partition coefficient (Wildman–Crippen LogP) is 2.65. The molecule has 4 nitrogen and oxygen atoms in total. The maximum absolute atomic E-state index is 11.8. The normalized spacial score (nSPS) is 10.3. The van der Waals surface area contributed by atoms with Crippen molar-refractivity contribution in [2.24, 2.45) is 0 Å². The van der Waals surface area contributed by atoms with E-state index in [9.17, 15) is 4.79 Å². The summed E-state index contributed by atoms with van der Waals surface area (Å²) < 4.78 is 5.00. The van der Waals surface area contributed by atoms with Crippen molar-refractivity contribution in [3.63, 3.8) is 0 Å². The highest BCUT2D eigenvalue weighted by Gasteiger charge is 2.07. The van der Waals surface area contributed by atoms with Crippen LogP contribution in [-0.2, 0) is 12.4 Å². The van der Waals surface area contributed by atoms with Crippen molar-refractivity contribution in [1.29, 1.82) is 0 Å². The quantitative estimate of drug-likeness (QED) is 0.864. The molecular formula is C13H13ClN2O2. The Morgan fingerprint density at radius 3 is 2.67 bits per heavy atom. The first kappa shape index (κ1) is 12.6. The van der Waals surface area contributed by atoms with Gasteiger partial charge in [-0.3, -0.25) is 4.79 Å². The molecule has 0 aliphatic rings. The lowest BCUT2D eigenvalue weighted by molar-refractivity contribution is 0.0947. The van der Waals surface area contributed by atoms with Crippen LogP contribution in [0.3, 0.4) is 0 Å². The molecule has 5 heteroatoms. The Balaban J connectivity index is 1.94. The van der Waals surface area contributed by atoms with E-state index in [4.69, 9.17) is 16.1 Å². The summed E-state index contributed by atoms with van der Waals surface area (Å²) in [6.45, 7) is 2.16. The summed E-state index contributed by atoms with van der Waals surface area (Å²) in [5.41, 5.74) is 2.38.